The Morgan fingerprint density at radius 1 is 1.35 bits per heavy atom. The zero-order chi connectivity index (χ0) is 13.1. The number of hydrogen-bond acceptors (Lipinski definition) is 4. The fourth-order valence-electron chi connectivity index (χ4n) is 1.79. The van der Waals surface area contributed by atoms with E-state index in [1.165, 1.54) is 22.7 Å². The van der Waals surface area contributed by atoms with Crippen molar-refractivity contribution in [1.82, 2.24) is 8.61 Å². The van der Waals surface area contributed by atoms with Crippen molar-refractivity contribution in [2.45, 2.75) is 6.42 Å². The fraction of sp³-hybridized carbons (Fsp3) is 0.889. The lowest BCUT2D eigenvalue weighted by Crippen LogP contribution is -3.15. The second kappa shape index (κ2) is 5.76. The van der Waals surface area contributed by atoms with Gasteiger partial charge in [-0.1, -0.05) is 0 Å². The summed E-state index contributed by atoms with van der Waals surface area (Å²) < 4.78 is 26.2. The molecule has 0 aromatic heterocycles. The minimum Gasteiger partial charge on any atom is -0.550 e. The highest BCUT2D eigenvalue weighted by Crippen LogP contribution is 2.03. The molecule has 7 nitrogen and oxygen atoms in total. The van der Waals surface area contributed by atoms with E-state index in [-0.39, 0.29) is 6.42 Å². The van der Waals surface area contributed by atoms with Crippen molar-refractivity contribution in [3.63, 3.8) is 0 Å². The van der Waals surface area contributed by atoms with Crippen LogP contribution in [-0.4, -0.2) is 69.8 Å². The standard InChI is InChI=1S/C9H19N3O4S/c1-10(2)17(15,16)12-7-5-11(6-8-12)4-3-9(13)14/h3-8H2,1-2H3,(H,13,14). The molecule has 0 aromatic rings. The molecular weight excluding hydrogens is 246 g/mol. The Balaban J connectivity index is 2.43. The van der Waals surface area contributed by atoms with Crippen molar-refractivity contribution in [2.24, 2.45) is 0 Å². The summed E-state index contributed by atoms with van der Waals surface area (Å²) in [5.74, 6) is -1.05. The number of carboxylic acid groups (broad SMARTS) is 1. The third-order valence-corrected chi connectivity index (χ3v) is 4.84. The lowest BCUT2D eigenvalue weighted by atomic mass is 10.3. The van der Waals surface area contributed by atoms with Crippen LogP contribution in [0.2, 0.25) is 0 Å². The molecule has 0 aromatic carbocycles. The van der Waals surface area contributed by atoms with Gasteiger partial charge >= 0.3 is 0 Å². The van der Waals surface area contributed by atoms with Gasteiger partial charge in [-0.25, -0.2) is 0 Å². The summed E-state index contributed by atoms with van der Waals surface area (Å²) in [4.78, 5) is 11.4. The zero-order valence-corrected chi connectivity index (χ0v) is 11.0. The molecule has 0 amide bonds. The molecule has 0 spiro atoms. The molecule has 17 heavy (non-hydrogen) atoms. The second-order valence-electron chi connectivity index (χ2n) is 4.31. The van der Waals surface area contributed by atoms with Gasteiger partial charge in [-0.05, 0) is 0 Å². The van der Waals surface area contributed by atoms with Crippen molar-refractivity contribution >= 4 is 16.2 Å². The van der Waals surface area contributed by atoms with E-state index >= 15 is 0 Å². The van der Waals surface area contributed by atoms with Crippen LogP contribution in [0.1, 0.15) is 6.42 Å². The predicted octanol–water partition coefficient (Wildman–Crippen LogP) is -3.87. The topological polar surface area (TPSA) is 85.2 Å². The number of nitrogens with zero attached hydrogens (tertiary/aromatic N) is 2. The van der Waals surface area contributed by atoms with Gasteiger partial charge in [0.15, 0.2) is 0 Å². The first-order valence-electron chi connectivity index (χ1n) is 5.55. The van der Waals surface area contributed by atoms with Gasteiger partial charge in [-0.2, -0.15) is 17.0 Å². The van der Waals surface area contributed by atoms with Crippen LogP contribution in [0.25, 0.3) is 0 Å². The number of quaternary nitrogens is 1. The first-order chi connectivity index (χ1) is 7.84. The highest BCUT2D eigenvalue weighted by atomic mass is 32.2. The smallest absolute Gasteiger partial charge is 0.281 e. The first kappa shape index (κ1) is 14.4. The van der Waals surface area contributed by atoms with E-state index in [1.54, 1.807) is 0 Å². The molecule has 0 radical (unpaired) electrons. The molecule has 1 fully saturated rings. The normalized spacial score (nSPS) is 19.7. The molecular formula is C9H19N3O4S. The summed E-state index contributed by atoms with van der Waals surface area (Å²) in [6, 6.07) is 0. The van der Waals surface area contributed by atoms with Gasteiger partial charge in [0.2, 0.25) is 0 Å². The number of rotatable bonds is 5. The SMILES string of the molecule is CN(C)S(=O)(=O)N1CC[NH+](CCC(=O)[O-])CC1. The maximum atomic E-state index is 11.8. The number of carboxylic acids is 1. The molecule has 1 saturated heterocycles. The van der Waals surface area contributed by atoms with Crippen LogP contribution >= 0.6 is 0 Å². The average Bonchev–Trinajstić information content (AvgIpc) is 2.26. The van der Waals surface area contributed by atoms with E-state index in [4.69, 9.17) is 0 Å². The molecule has 8 heteroatoms. The Hall–Kier alpha value is -0.700. The number of hydrogen-bond donors (Lipinski definition) is 1. The summed E-state index contributed by atoms with van der Waals surface area (Å²) in [7, 11) is -0.321. The average molecular weight is 265 g/mol. The number of carbonyl (C=O) groups is 1. The quantitative estimate of drug-likeness (QED) is 0.551. The third kappa shape index (κ3) is 3.91. The monoisotopic (exact) mass is 265 g/mol. The molecule has 0 atom stereocenters. The van der Waals surface area contributed by atoms with Crippen molar-refractivity contribution in [1.29, 1.82) is 0 Å². The molecule has 0 unspecified atom stereocenters. The first-order valence-corrected chi connectivity index (χ1v) is 6.94. The van der Waals surface area contributed by atoms with Crippen molar-refractivity contribution in [3.05, 3.63) is 0 Å². The minimum atomic E-state index is -3.33. The highest BCUT2D eigenvalue weighted by Gasteiger charge is 2.30. The van der Waals surface area contributed by atoms with Gasteiger partial charge in [0.25, 0.3) is 10.2 Å². The number of piperazine rings is 1. The maximum absolute atomic E-state index is 11.8. The van der Waals surface area contributed by atoms with Crippen LogP contribution < -0.4 is 10.0 Å². The summed E-state index contributed by atoms with van der Waals surface area (Å²) >= 11 is 0. The minimum absolute atomic E-state index is 0.0236. The zero-order valence-electron chi connectivity index (χ0n) is 10.2. The molecule has 100 valence electrons. The molecule has 0 bridgehead atoms. The molecule has 1 heterocycles. The van der Waals surface area contributed by atoms with Crippen LogP contribution in [0.4, 0.5) is 0 Å². The summed E-state index contributed by atoms with van der Waals surface area (Å²) in [6.07, 6.45) is 0.0236. The van der Waals surface area contributed by atoms with Crippen molar-refractivity contribution in [3.8, 4) is 0 Å². The van der Waals surface area contributed by atoms with E-state index in [1.807, 2.05) is 0 Å². The largest absolute Gasteiger partial charge is 0.550 e. The van der Waals surface area contributed by atoms with Gasteiger partial charge in [-0.15, -0.1) is 0 Å². The summed E-state index contributed by atoms with van der Waals surface area (Å²) in [5, 5.41) is 10.3. The van der Waals surface area contributed by atoms with Crippen LogP contribution in [0.5, 0.6) is 0 Å². The number of carbonyl (C=O) groups excluding carboxylic acids is 1. The molecule has 1 N–H and O–H groups in total. The molecule has 1 rings (SSSR count). The summed E-state index contributed by atoms with van der Waals surface area (Å²) in [6.45, 7) is 2.64. The predicted molar refractivity (Wildman–Crippen MR) is 59.4 cm³/mol. The maximum Gasteiger partial charge on any atom is 0.281 e. The molecule has 1 aliphatic rings. The Bertz CT molecular complexity index is 360. The summed E-state index contributed by atoms with van der Waals surface area (Å²) in [5.41, 5.74) is 0. The van der Waals surface area contributed by atoms with Crippen LogP contribution in [0, 0.1) is 0 Å². The van der Waals surface area contributed by atoms with E-state index in [9.17, 15) is 18.3 Å². The van der Waals surface area contributed by atoms with Gasteiger partial charge < -0.3 is 14.8 Å². The van der Waals surface area contributed by atoms with E-state index < -0.39 is 16.2 Å². The Kier molecular flexibility index (Phi) is 4.87. The number of nitrogens with one attached hydrogen (secondary N) is 1. The van der Waals surface area contributed by atoms with Gasteiger partial charge in [0.1, 0.15) is 0 Å². The van der Waals surface area contributed by atoms with E-state index in [2.05, 4.69) is 0 Å². The number of aliphatic carboxylic acids is 1. The second-order valence-corrected chi connectivity index (χ2v) is 6.45. The fourth-order valence-corrected chi connectivity index (χ4v) is 2.90. The van der Waals surface area contributed by atoms with Gasteiger partial charge in [-0.3, -0.25) is 0 Å². The van der Waals surface area contributed by atoms with Crippen molar-refractivity contribution in [2.75, 3.05) is 46.8 Å². The van der Waals surface area contributed by atoms with Crippen LogP contribution in [-0.2, 0) is 15.0 Å². The van der Waals surface area contributed by atoms with Crippen molar-refractivity contribution < 1.29 is 23.2 Å². The lowest BCUT2D eigenvalue weighted by molar-refractivity contribution is -0.903. The Morgan fingerprint density at radius 2 is 1.88 bits per heavy atom. The van der Waals surface area contributed by atoms with Gasteiger partial charge in [0, 0.05) is 26.5 Å². The van der Waals surface area contributed by atoms with Crippen LogP contribution in [0.15, 0.2) is 0 Å². The van der Waals surface area contributed by atoms with E-state index in [0.29, 0.717) is 32.7 Å². The highest BCUT2D eigenvalue weighted by molar-refractivity contribution is 7.86. The van der Waals surface area contributed by atoms with E-state index in [0.717, 1.165) is 4.90 Å². The molecule has 0 aliphatic carbocycles. The molecule has 1 aliphatic heterocycles. The third-order valence-electron chi connectivity index (χ3n) is 2.90. The Morgan fingerprint density at radius 3 is 2.29 bits per heavy atom. The van der Waals surface area contributed by atoms with Gasteiger partial charge in [0.05, 0.1) is 32.7 Å². The Labute approximate surface area is 102 Å². The lowest BCUT2D eigenvalue weighted by Gasteiger charge is -2.32. The molecule has 0 saturated carbocycles. The van der Waals surface area contributed by atoms with Crippen LogP contribution in [0.3, 0.4) is 0 Å².